The van der Waals surface area contributed by atoms with E-state index in [2.05, 4.69) is 15.3 Å². The number of carbonyl (C=O) groups excluding carboxylic acids is 1. The smallest absolute Gasteiger partial charge is 0.274 e. The van der Waals surface area contributed by atoms with Crippen LogP contribution in [-0.4, -0.2) is 20.4 Å². The first-order valence-electron chi connectivity index (χ1n) is 6.35. The molecule has 2 heterocycles. The van der Waals surface area contributed by atoms with Gasteiger partial charge in [0.25, 0.3) is 5.91 Å². The van der Waals surface area contributed by atoms with E-state index in [1.165, 1.54) is 6.39 Å². The van der Waals surface area contributed by atoms with Gasteiger partial charge in [0.1, 0.15) is 11.6 Å². The molecule has 1 N–H and O–H groups in total. The van der Waals surface area contributed by atoms with E-state index in [-0.39, 0.29) is 11.9 Å². The van der Waals surface area contributed by atoms with Crippen LogP contribution in [0.1, 0.15) is 41.0 Å². The molecule has 6 heteroatoms. The highest BCUT2D eigenvalue weighted by Gasteiger charge is 2.36. The summed E-state index contributed by atoms with van der Waals surface area (Å²) in [5, 5.41) is 3.02. The fraction of sp³-hybridized carbons (Fsp3) is 0.462. The van der Waals surface area contributed by atoms with Crippen LogP contribution in [0.25, 0.3) is 0 Å². The fourth-order valence-electron chi connectivity index (χ4n) is 2.23. The highest BCUT2D eigenvalue weighted by atomic mass is 16.3. The lowest BCUT2D eigenvalue weighted by Crippen LogP contribution is -2.32. The number of aryl methyl sites for hydroxylation is 2. The molecular weight excluding hydrogens is 244 g/mol. The number of carbonyl (C=O) groups is 1. The van der Waals surface area contributed by atoms with Crippen LogP contribution in [0, 0.1) is 12.8 Å². The van der Waals surface area contributed by atoms with Gasteiger partial charge in [-0.3, -0.25) is 4.79 Å². The third-order valence-corrected chi connectivity index (χ3v) is 3.48. The van der Waals surface area contributed by atoms with Crippen LogP contribution in [0.2, 0.25) is 0 Å². The van der Waals surface area contributed by atoms with E-state index in [4.69, 9.17) is 4.42 Å². The average molecular weight is 260 g/mol. The van der Waals surface area contributed by atoms with Gasteiger partial charge in [-0.1, -0.05) is 0 Å². The van der Waals surface area contributed by atoms with Crippen molar-refractivity contribution in [3.63, 3.8) is 0 Å². The van der Waals surface area contributed by atoms with Crippen molar-refractivity contribution in [2.24, 2.45) is 13.0 Å². The summed E-state index contributed by atoms with van der Waals surface area (Å²) in [6, 6.07) is -0.0522. The molecule has 6 nitrogen and oxygen atoms in total. The van der Waals surface area contributed by atoms with E-state index >= 15 is 0 Å². The number of nitrogens with zero attached hydrogens (tertiary/aromatic N) is 3. The summed E-state index contributed by atoms with van der Waals surface area (Å²) in [6.07, 6.45) is 7.17. The number of imidazole rings is 1. The van der Waals surface area contributed by atoms with Crippen LogP contribution in [-0.2, 0) is 7.05 Å². The molecule has 1 saturated carbocycles. The first kappa shape index (κ1) is 12.0. The number of rotatable bonds is 4. The number of hydrogen-bond donors (Lipinski definition) is 1. The van der Waals surface area contributed by atoms with E-state index in [1.807, 2.05) is 17.8 Å². The second-order valence-corrected chi connectivity index (χ2v) is 4.94. The minimum absolute atomic E-state index is 0.0522. The SMILES string of the molecule is Cc1ocnc1C(=O)NC(c1nccn1C)C1CC1. The minimum Gasteiger partial charge on any atom is -0.448 e. The molecule has 2 aromatic rings. The lowest BCUT2D eigenvalue weighted by Gasteiger charge is -2.17. The predicted molar refractivity (Wildman–Crippen MR) is 67.4 cm³/mol. The topological polar surface area (TPSA) is 73.0 Å². The van der Waals surface area contributed by atoms with Gasteiger partial charge >= 0.3 is 0 Å². The maximum atomic E-state index is 12.2. The zero-order valence-corrected chi connectivity index (χ0v) is 11.0. The van der Waals surface area contributed by atoms with Crippen molar-refractivity contribution in [3.05, 3.63) is 36.1 Å². The Kier molecular flexibility index (Phi) is 2.85. The molecule has 3 rings (SSSR count). The highest BCUT2D eigenvalue weighted by molar-refractivity contribution is 5.93. The van der Waals surface area contributed by atoms with E-state index in [9.17, 15) is 4.79 Å². The number of nitrogens with one attached hydrogen (secondary N) is 1. The zero-order valence-electron chi connectivity index (χ0n) is 11.0. The molecule has 0 spiro atoms. The highest BCUT2D eigenvalue weighted by Crippen LogP contribution is 2.40. The predicted octanol–water partition coefficient (Wildman–Crippen LogP) is 1.60. The van der Waals surface area contributed by atoms with Crippen LogP contribution in [0.15, 0.2) is 23.2 Å². The Morgan fingerprint density at radius 1 is 1.53 bits per heavy atom. The Labute approximate surface area is 110 Å². The Morgan fingerprint density at radius 3 is 2.84 bits per heavy atom. The number of hydrogen-bond acceptors (Lipinski definition) is 4. The molecule has 0 aromatic carbocycles. The third-order valence-electron chi connectivity index (χ3n) is 3.48. The van der Waals surface area contributed by atoms with E-state index in [0.717, 1.165) is 18.7 Å². The van der Waals surface area contributed by atoms with E-state index in [0.29, 0.717) is 17.4 Å². The van der Waals surface area contributed by atoms with Crippen LogP contribution in [0.5, 0.6) is 0 Å². The van der Waals surface area contributed by atoms with Crippen molar-refractivity contribution < 1.29 is 9.21 Å². The standard InChI is InChI=1S/C13H16N4O2/c1-8-10(15-7-19-8)13(18)16-11(9-3-4-9)12-14-5-6-17(12)2/h5-7,9,11H,3-4H2,1-2H3,(H,16,18). The summed E-state index contributed by atoms with van der Waals surface area (Å²) in [4.78, 5) is 20.5. The molecule has 1 fully saturated rings. The molecule has 1 unspecified atom stereocenters. The lowest BCUT2D eigenvalue weighted by molar-refractivity contribution is 0.0923. The van der Waals surface area contributed by atoms with Crippen molar-refractivity contribution in [1.29, 1.82) is 0 Å². The van der Waals surface area contributed by atoms with Gasteiger partial charge in [0.2, 0.25) is 0 Å². The zero-order chi connectivity index (χ0) is 13.4. The molecule has 1 aliphatic carbocycles. The lowest BCUT2D eigenvalue weighted by atomic mass is 10.1. The van der Waals surface area contributed by atoms with Gasteiger partial charge in [-0.2, -0.15) is 0 Å². The van der Waals surface area contributed by atoms with Crippen molar-refractivity contribution in [2.45, 2.75) is 25.8 Å². The quantitative estimate of drug-likeness (QED) is 0.906. The van der Waals surface area contributed by atoms with Gasteiger partial charge in [0.05, 0.1) is 6.04 Å². The first-order chi connectivity index (χ1) is 9.16. The molecule has 100 valence electrons. The van der Waals surface area contributed by atoms with E-state index < -0.39 is 0 Å². The maximum Gasteiger partial charge on any atom is 0.274 e. The summed E-state index contributed by atoms with van der Waals surface area (Å²) in [5.74, 6) is 1.69. The summed E-state index contributed by atoms with van der Waals surface area (Å²) in [6.45, 7) is 1.73. The molecule has 2 aromatic heterocycles. The monoisotopic (exact) mass is 260 g/mol. The number of aromatic nitrogens is 3. The van der Waals surface area contributed by atoms with Crippen molar-refractivity contribution in [3.8, 4) is 0 Å². The second kappa shape index (κ2) is 4.53. The molecule has 19 heavy (non-hydrogen) atoms. The Morgan fingerprint density at radius 2 is 2.32 bits per heavy atom. The van der Waals surface area contributed by atoms with Crippen LogP contribution >= 0.6 is 0 Å². The molecule has 0 bridgehead atoms. The maximum absolute atomic E-state index is 12.2. The molecule has 0 saturated heterocycles. The van der Waals surface area contributed by atoms with Gasteiger partial charge < -0.3 is 14.3 Å². The fourth-order valence-corrected chi connectivity index (χ4v) is 2.23. The van der Waals surface area contributed by atoms with Gasteiger partial charge in [-0.05, 0) is 25.7 Å². The molecule has 0 aliphatic heterocycles. The molecule has 1 atom stereocenters. The van der Waals surface area contributed by atoms with Crippen molar-refractivity contribution in [2.75, 3.05) is 0 Å². The summed E-state index contributed by atoms with van der Waals surface area (Å²) >= 11 is 0. The molecular formula is C13H16N4O2. The van der Waals surface area contributed by atoms with E-state index in [1.54, 1.807) is 13.1 Å². The van der Waals surface area contributed by atoms with Gasteiger partial charge in [-0.25, -0.2) is 9.97 Å². The minimum atomic E-state index is -0.203. The summed E-state index contributed by atoms with van der Waals surface area (Å²) < 4.78 is 7.01. The molecule has 0 radical (unpaired) electrons. The van der Waals surface area contributed by atoms with Gasteiger partial charge in [0, 0.05) is 19.4 Å². The van der Waals surface area contributed by atoms with Gasteiger partial charge in [0.15, 0.2) is 12.1 Å². The van der Waals surface area contributed by atoms with Crippen molar-refractivity contribution >= 4 is 5.91 Å². The normalized spacial score (nSPS) is 16.3. The van der Waals surface area contributed by atoms with Crippen LogP contribution in [0.3, 0.4) is 0 Å². The van der Waals surface area contributed by atoms with Gasteiger partial charge in [-0.15, -0.1) is 0 Å². The molecule has 1 aliphatic rings. The van der Waals surface area contributed by atoms with Crippen molar-refractivity contribution in [1.82, 2.24) is 19.9 Å². The largest absolute Gasteiger partial charge is 0.448 e. The average Bonchev–Trinajstić information content (AvgIpc) is 3.00. The summed E-state index contributed by atoms with van der Waals surface area (Å²) in [5.41, 5.74) is 0.347. The Balaban J connectivity index is 1.81. The Hall–Kier alpha value is -2.11. The third kappa shape index (κ3) is 2.25. The number of amides is 1. The number of oxazole rings is 1. The molecule has 1 amide bonds. The summed E-state index contributed by atoms with van der Waals surface area (Å²) in [7, 11) is 1.94. The van der Waals surface area contributed by atoms with Crippen LogP contribution in [0.4, 0.5) is 0 Å². The second-order valence-electron chi connectivity index (χ2n) is 4.94. The Bertz CT molecular complexity index is 597. The van der Waals surface area contributed by atoms with Crippen LogP contribution < -0.4 is 5.32 Å². The first-order valence-corrected chi connectivity index (χ1v) is 6.35.